The highest BCUT2D eigenvalue weighted by Crippen LogP contribution is 2.44. The minimum Gasteiger partial charge on any atom is -0.324 e. The molecule has 0 unspecified atom stereocenters. The van der Waals surface area contributed by atoms with Crippen LogP contribution in [0.25, 0.3) is 10.8 Å². The van der Waals surface area contributed by atoms with Crippen molar-refractivity contribution in [1.82, 2.24) is 14.5 Å². The fourth-order valence-corrected chi connectivity index (χ4v) is 10.0. The van der Waals surface area contributed by atoms with Crippen LogP contribution in [0.3, 0.4) is 0 Å². The minimum atomic E-state index is -3.52. The Labute approximate surface area is 280 Å². The standard InChI is InChI=1S/C36H41N5O6S/c1-36(2)17-3-4-18-40(36)48(46,47)22-23-7-5-8-25(21-23)37-35(45)39-19-15-24(16-20-39)26-11-12-29-32-27(26)9-6-10-28(32)34(44)41(29)30-13-14-31(42)38-33(30)43/h5-12,21,24,30H,3-4,13-20,22H2,1-2H3,(H,37,45)(H,38,42,43)/t30-/m1/s1. The summed E-state index contributed by atoms with van der Waals surface area (Å²) in [7, 11) is -3.52. The first-order chi connectivity index (χ1) is 22.9. The van der Waals surface area contributed by atoms with Crippen molar-refractivity contribution in [1.29, 1.82) is 0 Å². The van der Waals surface area contributed by atoms with E-state index in [0.29, 0.717) is 42.1 Å². The zero-order valence-corrected chi connectivity index (χ0v) is 28.1. The fourth-order valence-electron chi connectivity index (χ4n) is 8.00. The minimum absolute atomic E-state index is 0.114. The number of piperidine rings is 3. The van der Waals surface area contributed by atoms with E-state index < -0.39 is 27.5 Å². The van der Waals surface area contributed by atoms with Crippen LogP contribution in [-0.4, -0.2) is 72.6 Å². The SMILES string of the molecule is CC1(C)CCCCN1S(=O)(=O)Cc1cccc(NC(=O)N2CCC(c3ccc4c5c(cccc35)C(=O)N4[C@@H]3CCC(=O)NC3=O)CC2)c1. The molecule has 4 aliphatic rings. The number of nitrogens with zero attached hydrogens (tertiary/aromatic N) is 3. The normalized spacial score (nSPS) is 21.9. The van der Waals surface area contributed by atoms with Gasteiger partial charge in [0.05, 0.1) is 11.4 Å². The van der Waals surface area contributed by atoms with Crippen LogP contribution in [0.2, 0.25) is 0 Å². The van der Waals surface area contributed by atoms with E-state index in [1.54, 1.807) is 39.5 Å². The van der Waals surface area contributed by atoms with Crippen molar-refractivity contribution in [2.45, 2.75) is 82.0 Å². The Morgan fingerprint density at radius 2 is 1.73 bits per heavy atom. The molecule has 1 atom stereocenters. The molecule has 3 aromatic carbocycles. The van der Waals surface area contributed by atoms with Crippen molar-refractivity contribution < 1.29 is 27.6 Å². The van der Waals surface area contributed by atoms with E-state index in [-0.39, 0.29) is 42.4 Å². The highest BCUT2D eigenvalue weighted by atomic mass is 32.2. The van der Waals surface area contributed by atoms with Gasteiger partial charge in [0.1, 0.15) is 6.04 Å². The number of carbonyl (C=O) groups is 4. The molecule has 4 heterocycles. The summed E-state index contributed by atoms with van der Waals surface area (Å²) in [6.45, 7) is 5.57. The number of nitrogens with one attached hydrogen (secondary N) is 2. The first-order valence-corrected chi connectivity index (χ1v) is 18.4. The van der Waals surface area contributed by atoms with E-state index in [1.165, 1.54) is 4.90 Å². The summed E-state index contributed by atoms with van der Waals surface area (Å²) in [5.41, 5.74) is 3.14. The van der Waals surface area contributed by atoms with Crippen molar-refractivity contribution in [3.63, 3.8) is 0 Å². The molecule has 0 saturated carbocycles. The Bertz CT molecular complexity index is 1930. The van der Waals surface area contributed by atoms with Crippen LogP contribution in [0.5, 0.6) is 0 Å². The summed E-state index contributed by atoms with van der Waals surface area (Å²) in [6, 6.07) is 15.7. The van der Waals surface area contributed by atoms with Crippen molar-refractivity contribution in [3.8, 4) is 0 Å². The third kappa shape index (κ3) is 5.85. The molecule has 12 heteroatoms. The van der Waals surface area contributed by atoms with Crippen molar-refractivity contribution in [2.75, 3.05) is 29.9 Å². The molecule has 0 spiro atoms. The predicted octanol–water partition coefficient (Wildman–Crippen LogP) is 5.11. The summed E-state index contributed by atoms with van der Waals surface area (Å²) < 4.78 is 28.3. The van der Waals surface area contributed by atoms with E-state index in [0.717, 1.165) is 48.4 Å². The van der Waals surface area contributed by atoms with Crippen molar-refractivity contribution in [2.24, 2.45) is 0 Å². The zero-order valence-electron chi connectivity index (χ0n) is 27.3. The summed E-state index contributed by atoms with van der Waals surface area (Å²) in [5.74, 6) is -0.945. The molecule has 252 valence electrons. The Morgan fingerprint density at radius 1 is 0.958 bits per heavy atom. The second kappa shape index (κ2) is 12.3. The lowest BCUT2D eigenvalue weighted by Crippen LogP contribution is -2.53. The topological polar surface area (TPSA) is 136 Å². The summed E-state index contributed by atoms with van der Waals surface area (Å²) in [6.07, 6.45) is 4.67. The van der Waals surface area contributed by atoms with Gasteiger partial charge < -0.3 is 10.2 Å². The Kier molecular flexibility index (Phi) is 8.27. The number of benzene rings is 3. The molecule has 7 rings (SSSR count). The highest BCUT2D eigenvalue weighted by Gasteiger charge is 2.41. The molecule has 4 aliphatic heterocycles. The summed E-state index contributed by atoms with van der Waals surface area (Å²) >= 11 is 0. The highest BCUT2D eigenvalue weighted by molar-refractivity contribution is 7.88. The van der Waals surface area contributed by atoms with E-state index in [4.69, 9.17) is 0 Å². The number of anilines is 2. The summed E-state index contributed by atoms with van der Waals surface area (Å²) in [4.78, 5) is 54.6. The Balaban J connectivity index is 1.02. The average molecular weight is 672 g/mol. The first kappa shape index (κ1) is 32.3. The number of hydrogen-bond donors (Lipinski definition) is 2. The number of carbonyl (C=O) groups excluding carboxylic acids is 4. The number of hydrogen-bond acceptors (Lipinski definition) is 6. The molecule has 11 nitrogen and oxygen atoms in total. The van der Waals surface area contributed by atoms with Crippen LogP contribution in [-0.2, 0) is 25.4 Å². The van der Waals surface area contributed by atoms with E-state index in [9.17, 15) is 27.6 Å². The van der Waals surface area contributed by atoms with Crippen molar-refractivity contribution >= 4 is 55.9 Å². The molecule has 0 bridgehead atoms. The molecule has 3 fully saturated rings. The summed E-state index contributed by atoms with van der Waals surface area (Å²) in [5, 5.41) is 7.14. The number of amides is 5. The fraction of sp³-hybridized carbons (Fsp3) is 0.444. The van der Waals surface area contributed by atoms with Crippen LogP contribution in [0, 0.1) is 0 Å². The monoisotopic (exact) mass is 671 g/mol. The van der Waals surface area contributed by atoms with Crippen LogP contribution >= 0.6 is 0 Å². The molecular formula is C36H41N5O6S. The molecule has 2 N–H and O–H groups in total. The molecule has 3 aromatic rings. The van der Waals surface area contributed by atoms with Crippen molar-refractivity contribution in [3.05, 3.63) is 71.3 Å². The average Bonchev–Trinajstić information content (AvgIpc) is 3.33. The zero-order chi connectivity index (χ0) is 33.8. The Hall–Kier alpha value is -4.29. The van der Waals surface area contributed by atoms with Gasteiger partial charge in [-0.25, -0.2) is 13.2 Å². The predicted molar refractivity (Wildman–Crippen MR) is 183 cm³/mol. The smallest absolute Gasteiger partial charge is 0.321 e. The third-order valence-electron chi connectivity index (χ3n) is 10.4. The van der Waals surface area contributed by atoms with Crippen LogP contribution < -0.4 is 15.5 Å². The van der Waals surface area contributed by atoms with Gasteiger partial charge in [0, 0.05) is 48.2 Å². The van der Waals surface area contributed by atoms with E-state index in [2.05, 4.69) is 10.6 Å². The lowest BCUT2D eigenvalue weighted by molar-refractivity contribution is -0.134. The van der Waals surface area contributed by atoms with Gasteiger partial charge in [-0.2, -0.15) is 4.31 Å². The quantitative estimate of drug-likeness (QED) is 0.350. The Morgan fingerprint density at radius 3 is 2.48 bits per heavy atom. The van der Waals surface area contributed by atoms with Gasteiger partial charge in [-0.1, -0.05) is 36.8 Å². The third-order valence-corrected chi connectivity index (χ3v) is 12.5. The molecule has 5 amide bonds. The molecule has 3 saturated heterocycles. The second-order valence-electron chi connectivity index (χ2n) is 14.0. The number of sulfonamides is 1. The van der Waals surface area contributed by atoms with Gasteiger partial charge >= 0.3 is 6.03 Å². The van der Waals surface area contributed by atoms with Gasteiger partial charge in [-0.05, 0) is 92.6 Å². The second-order valence-corrected chi connectivity index (χ2v) is 15.9. The van der Waals surface area contributed by atoms with E-state index in [1.807, 2.05) is 38.1 Å². The number of rotatable bonds is 6. The van der Waals surface area contributed by atoms with Gasteiger partial charge in [-0.3, -0.25) is 24.6 Å². The van der Waals surface area contributed by atoms with Crippen LogP contribution in [0.15, 0.2) is 54.6 Å². The molecule has 0 radical (unpaired) electrons. The largest absolute Gasteiger partial charge is 0.324 e. The van der Waals surface area contributed by atoms with Gasteiger partial charge in [0.15, 0.2) is 0 Å². The maximum absolute atomic E-state index is 13.5. The molecule has 0 aromatic heterocycles. The molecular weight excluding hydrogens is 630 g/mol. The first-order valence-electron chi connectivity index (χ1n) is 16.8. The molecule has 48 heavy (non-hydrogen) atoms. The lowest BCUT2D eigenvalue weighted by Gasteiger charge is -2.41. The van der Waals surface area contributed by atoms with Crippen LogP contribution in [0.4, 0.5) is 16.2 Å². The maximum atomic E-state index is 13.5. The lowest BCUT2D eigenvalue weighted by atomic mass is 9.85. The van der Waals surface area contributed by atoms with Gasteiger partial charge in [0.25, 0.3) is 5.91 Å². The number of likely N-dealkylation sites (tertiary alicyclic amines) is 1. The molecule has 0 aliphatic carbocycles. The number of imide groups is 1. The maximum Gasteiger partial charge on any atom is 0.321 e. The number of urea groups is 1. The van der Waals surface area contributed by atoms with Gasteiger partial charge in [-0.15, -0.1) is 0 Å². The van der Waals surface area contributed by atoms with E-state index >= 15 is 0 Å². The van der Waals surface area contributed by atoms with Gasteiger partial charge in [0.2, 0.25) is 21.8 Å². The van der Waals surface area contributed by atoms with Crippen LogP contribution in [0.1, 0.15) is 86.2 Å².